The van der Waals surface area contributed by atoms with Crippen molar-refractivity contribution in [2.24, 2.45) is 0 Å². The maximum absolute atomic E-state index is 14.2. The van der Waals surface area contributed by atoms with Gasteiger partial charge in [0.15, 0.2) is 11.6 Å². The van der Waals surface area contributed by atoms with Crippen LogP contribution in [0.5, 0.6) is 5.75 Å². The molecule has 4 heterocycles. The standard InChI is InChI=1S/C25H22F3N7O2/c1-2-21(36)34-12-9-15(14-34)22-19-8-11-31-24(29)35(19)23(32-22)17-7-6-16(13-18(17)25(26,27)28)37-33-20-5-3-4-10-30-20/h2-8,10-11,13,15H,1,9,12,14H2,(H2,29,31)(H,30,33). The van der Waals surface area contributed by atoms with Crippen LogP contribution in [0.1, 0.15) is 23.6 Å². The average Bonchev–Trinajstić information content (AvgIpc) is 3.53. The Bertz CT molecular complexity index is 1470. The first-order valence-corrected chi connectivity index (χ1v) is 11.4. The predicted octanol–water partition coefficient (Wildman–Crippen LogP) is 4.30. The van der Waals surface area contributed by atoms with Crippen molar-refractivity contribution >= 4 is 23.2 Å². The Morgan fingerprint density at radius 2 is 2.03 bits per heavy atom. The van der Waals surface area contributed by atoms with Crippen LogP contribution in [0.25, 0.3) is 16.9 Å². The largest absolute Gasteiger partial charge is 0.417 e. The molecule has 37 heavy (non-hydrogen) atoms. The minimum atomic E-state index is -4.72. The van der Waals surface area contributed by atoms with E-state index in [1.807, 2.05) is 0 Å². The second-order valence-corrected chi connectivity index (χ2v) is 8.44. The lowest BCUT2D eigenvalue weighted by Crippen LogP contribution is -2.26. The van der Waals surface area contributed by atoms with E-state index in [-0.39, 0.29) is 34.9 Å². The van der Waals surface area contributed by atoms with Crippen molar-refractivity contribution in [2.75, 3.05) is 24.3 Å². The van der Waals surface area contributed by atoms with Crippen LogP contribution in [-0.2, 0) is 11.0 Å². The van der Waals surface area contributed by atoms with Gasteiger partial charge in [0.1, 0.15) is 5.82 Å². The molecule has 0 saturated carbocycles. The highest BCUT2D eigenvalue weighted by Gasteiger charge is 2.37. The summed E-state index contributed by atoms with van der Waals surface area (Å²) in [6.07, 6.45) is 0.122. The molecule has 1 aliphatic rings. The molecule has 1 aromatic carbocycles. The summed E-state index contributed by atoms with van der Waals surface area (Å²) in [4.78, 5) is 31.8. The number of halogens is 3. The fourth-order valence-electron chi connectivity index (χ4n) is 4.43. The highest BCUT2D eigenvalue weighted by molar-refractivity contribution is 5.87. The average molecular weight is 509 g/mol. The van der Waals surface area contributed by atoms with Gasteiger partial charge < -0.3 is 15.5 Å². The first kappa shape index (κ1) is 24.1. The number of amides is 1. The number of nitrogens with one attached hydrogen (secondary N) is 1. The van der Waals surface area contributed by atoms with Crippen molar-refractivity contribution < 1.29 is 22.8 Å². The number of anilines is 2. The lowest BCUT2D eigenvalue weighted by atomic mass is 10.0. The molecule has 0 bridgehead atoms. The highest BCUT2D eigenvalue weighted by atomic mass is 19.4. The van der Waals surface area contributed by atoms with Crippen molar-refractivity contribution in [1.82, 2.24) is 24.3 Å². The van der Waals surface area contributed by atoms with Gasteiger partial charge in [0.05, 0.1) is 16.8 Å². The third-order valence-electron chi connectivity index (χ3n) is 6.15. The van der Waals surface area contributed by atoms with Crippen LogP contribution >= 0.6 is 0 Å². The third-order valence-corrected chi connectivity index (χ3v) is 6.15. The molecule has 12 heteroatoms. The van der Waals surface area contributed by atoms with E-state index in [1.54, 1.807) is 29.2 Å². The molecule has 1 unspecified atom stereocenters. The molecule has 1 aliphatic heterocycles. The van der Waals surface area contributed by atoms with Gasteiger partial charge in [-0.15, -0.1) is 0 Å². The number of benzene rings is 1. The summed E-state index contributed by atoms with van der Waals surface area (Å²) < 4.78 is 44.1. The number of carbonyl (C=O) groups is 1. The monoisotopic (exact) mass is 509 g/mol. The number of likely N-dealkylation sites (tertiary alicyclic amines) is 1. The number of imidazole rings is 1. The van der Waals surface area contributed by atoms with Gasteiger partial charge in [-0.1, -0.05) is 12.6 Å². The molecule has 3 aromatic heterocycles. The van der Waals surface area contributed by atoms with Crippen LogP contribution < -0.4 is 16.1 Å². The minimum absolute atomic E-state index is 0.000609. The quantitative estimate of drug-likeness (QED) is 0.295. The molecular weight excluding hydrogens is 487 g/mol. The lowest BCUT2D eigenvalue weighted by Gasteiger charge is -2.15. The zero-order valence-corrected chi connectivity index (χ0v) is 19.4. The number of alkyl halides is 3. The zero-order chi connectivity index (χ0) is 26.2. The van der Waals surface area contributed by atoms with Gasteiger partial charge in [-0.05, 0) is 48.9 Å². The number of hydrogen-bond donors (Lipinski definition) is 2. The number of carbonyl (C=O) groups excluding carboxylic acids is 1. The molecule has 3 N–H and O–H groups in total. The minimum Gasteiger partial charge on any atom is -0.381 e. The molecule has 0 radical (unpaired) electrons. The van der Waals surface area contributed by atoms with Crippen molar-refractivity contribution in [3.05, 3.63) is 78.8 Å². The molecule has 190 valence electrons. The molecular formula is C25H22F3N7O2. The van der Waals surface area contributed by atoms with Crippen LogP contribution in [0.15, 0.2) is 67.5 Å². The third kappa shape index (κ3) is 4.65. The fourth-order valence-corrected chi connectivity index (χ4v) is 4.43. The van der Waals surface area contributed by atoms with Crippen molar-refractivity contribution in [2.45, 2.75) is 18.5 Å². The van der Waals surface area contributed by atoms with E-state index in [1.165, 1.54) is 35.0 Å². The summed E-state index contributed by atoms with van der Waals surface area (Å²) in [5.74, 6) is -0.128. The molecule has 5 rings (SSSR count). The zero-order valence-electron chi connectivity index (χ0n) is 19.4. The molecule has 4 aromatic rings. The Hall–Kier alpha value is -4.61. The molecule has 1 atom stereocenters. The molecule has 0 spiro atoms. The van der Waals surface area contributed by atoms with Gasteiger partial charge >= 0.3 is 6.18 Å². The van der Waals surface area contributed by atoms with Gasteiger partial charge in [0.25, 0.3) is 0 Å². The molecule has 0 aliphatic carbocycles. The van der Waals surface area contributed by atoms with Gasteiger partial charge in [-0.3, -0.25) is 9.20 Å². The summed E-state index contributed by atoms with van der Waals surface area (Å²) in [5, 5.41) is 0. The molecule has 1 saturated heterocycles. The summed E-state index contributed by atoms with van der Waals surface area (Å²) >= 11 is 0. The van der Waals surface area contributed by atoms with Crippen LogP contribution in [-0.4, -0.2) is 43.2 Å². The van der Waals surface area contributed by atoms with Gasteiger partial charge in [0, 0.05) is 37.0 Å². The van der Waals surface area contributed by atoms with E-state index in [2.05, 4.69) is 27.0 Å². The summed E-state index contributed by atoms with van der Waals surface area (Å²) in [6.45, 7) is 4.38. The van der Waals surface area contributed by atoms with Gasteiger partial charge in [-0.2, -0.15) is 13.2 Å². The molecule has 1 fully saturated rings. The Kier molecular flexibility index (Phi) is 6.15. The first-order valence-electron chi connectivity index (χ1n) is 11.4. The number of aromatic nitrogens is 4. The number of fused-ring (bicyclic) bond motifs is 1. The Labute approximate surface area is 209 Å². The van der Waals surface area contributed by atoms with Crippen molar-refractivity contribution in [3.8, 4) is 17.1 Å². The molecule has 1 amide bonds. The number of hydrogen-bond acceptors (Lipinski definition) is 7. The number of nitrogens with two attached hydrogens (primary N) is 1. The van der Waals surface area contributed by atoms with Crippen LogP contribution in [0.4, 0.5) is 24.9 Å². The summed E-state index contributed by atoms with van der Waals surface area (Å²) in [7, 11) is 0. The smallest absolute Gasteiger partial charge is 0.381 e. The Balaban J connectivity index is 1.57. The van der Waals surface area contributed by atoms with E-state index in [4.69, 9.17) is 10.6 Å². The van der Waals surface area contributed by atoms with Crippen molar-refractivity contribution in [1.29, 1.82) is 0 Å². The lowest BCUT2D eigenvalue weighted by molar-refractivity contribution is -0.137. The predicted molar refractivity (Wildman–Crippen MR) is 130 cm³/mol. The second-order valence-electron chi connectivity index (χ2n) is 8.44. The van der Waals surface area contributed by atoms with Gasteiger partial charge in [0.2, 0.25) is 11.9 Å². The first-order chi connectivity index (χ1) is 17.8. The summed E-state index contributed by atoms with van der Waals surface area (Å²) in [6, 6.07) is 10.2. The van der Waals surface area contributed by atoms with E-state index in [0.717, 1.165) is 6.07 Å². The highest BCUT2D eigenvalue weighted by Crippen LogP contribution is 2.41. The fraction of sp³-hybridized carbons (Fsp3) is 0.200. The maximum atomic E-state index is 14.2. The van der Waals surface area contributed by atoms with Crippen LogP contribution in [0, 0.1) is 0 Å². The second kappa shape index (κ2) is 9.45. The van der Waals surface area contributed by atoms with Crippen LogP contribution in [0.3, 0.4) is 0 Å². The Morgan fingerprint density at radius 1 is 1.19 bits per heavy atom. The number of pyridine rings is 1. The number of nitrogen functional groups attached to an aromatic ring is 1. The topological polar surface area (TPSA) is 111 Å². The number of rotatable bonds is 6. The van der Waals surface area contributed by atoms with Gasteiger partial charge in [-0.25, -0.2) is 20.4 Å². The SMILES string of the molecule is C=CC(=O)N1CCC(c2nc(-c3ccc(ONc4ccccn4)cc3C(F)(F)F)n3c(N)nccc23)C1. The van der Waals surface area contributed by atoms with E-state index in [9.17, 15) is 18.0 Å². The van der Waals surface area contributed by atoms with Crippen LogP contribution in [0.2, 0.25) is 0 Å². The molecule has 9 nitrogen and oxygen atoms in total. The Morgan fingerprint density at radius 3 is 2.76 bits per heavy atom. The van der Waals surface area contributed by atoms with E-state index >= 15 is 0 Å². The maximum Gasteiger partial charge on any atom is 0.417 e. The van der Waals surface area contributed by atoms with E-state index < -0.39 is 11.7 Å². The van der Waals surface area contributed by atoms with Crippen molar-refractivity contribution in [3.63, 3.8) is 0 Å². The normalized spacial score (nSPS) is 15.6. The van der Waals surface area contributed by atoms with E-state index in [0.29, 0.717) is 36.5 Å². The number of nitrogens with zero attached hydrogens (tertiary/aromatic N) is 5. The summed E-state index contributed by atoms with van der Waals surface area (Å²) in [5.41, 5.74) is 8.59.